The molecule has 35 heavy (non-hydrogen) atoms. The van der Waals surface area contributed by atoms with Gasteiger partial charge in [0.2, 0.25) is 5.88 Å². The zero-order chi connectivity index (χ0) is 25.0. The number of pyridine rings is 2. The predicted octanol–water partition coefficient (Wildman–Crippen LogP) is 2.45. The molecule has 0 amide bonds. The van der Waals surface area contributed by atoms with Crippen LogP contribution in [0.2, 0.25) is 0 Å². The number of methoxy groups -OCH3 is 1. The van der Waals surface area contributed by atoms with Crippen LogP contribution in [-0.4, -0.2) is 70.7 Å². The summed E-state index contributed by atoms with van der Waals surface area (Å²) < 4.78 is 12.5. The van der Waals surface area contributed by atoms with Gasteiger partial charge in [-0.15, -0.1) is 0 Å². The molecule has 3 rings (SSSR count). The third-order valence-corrected chi connectivity index (χ3v) is 5.68. The minimum Gasteiger partial charge on any atom is -0.481 e. The normalized spacial score (nSPS) is 12.1. The van der Waals surface area contributed by atoms with E-state index in [1.54, 1.807) is 30.1 Å². The van der Waals surface area contributed by atoms with E-state index in [1.807, 2.05) is 26.0 Å². The van der Waals surface area contributed by atoms with Crippen LogP contribution in [0.15, 0.2) is 35.4 Å². The molecule has 0 aromatic carbocycles. The largest absolute Gasteiger partial charge is 0.481 e. The molecule has 0 radical (unpaired) electrons. The molecule has 0 saturated carbocycles. The molecule has 0 aliphatic heterocycles. The van der Waals surface area contributed by atoms with E-state index in [0.29, 0.717) is 43.3 Å². The average Bonchev–Trinajstić information content (AvgIpc) is 2.90. The number of nitrogens with one attached hydrogen (secondary N) is 2. The Bertz CT molecular complexity index is 1120. The standard InChI is InChI=1S/C25H36N6O4/c1-4-12-35-13-11-31-21-14-19(18-7-8-22(34-3)28-15-18)16-29-23(21)30-24(25(31)33)27-10-6-9-26-20(5-2)17-32/h7-8,14-16,20,26,32H,4-6,9-13,17H2,1-3H3,(H,27,29,30). The summed E-state index contributed by atoms with van der Waals surface area (Å²) in [7, 11) is 1.57. The number of rotatable bonds is 15. The first kappa shape index (κ1) is 26.5. The molecule has 0 fully saturated rings. The van der Waals surface area contributed by atoms with E-state index in [2.05, 4.69) is 25.6 Å². The van der Waals surface area contributed by atoms with Crippen LogP contribution < -0.4 is 20.9 Å². The summed E-state index contributed by atoms with van der Waals surface area (Å²) in [6.45, 7) is 6.96. The Hall–Kier alpha value is -3.08. The Balaban J connectivity index is 1.84. The van der Waals surface area contributed by atoms with Gasteiger partial charge in [-0.3, -0.25) is 9.36 Å². The van der Waals surface area contributed by atoms with E-state index >= 15 is 0 Å². The number of aromatic nitrogens is 4. The zero-order valence-electron chi connectivity index (χ0n) is 20.8. The number of nitrogens with zero attached hydrogens (tertiary/aromatic N) is 4. The summed E-state index contributed by atoms with van der Waals surface area (Å²) in [5, 5.41) is 15.7. The van der Waals surface area contributed by atoms with Crippen molar-refractivity contribution in [1.82, 2.24) is 24.8 Å². The highest BCUT2D eigenvalue weighted by atomic mass is 16.5. The molecule has 1 unspecified atom stereocenters. The number of aliphatic hydroxyl groups is 1. The number of hydrogen-bond donors (Lipinski definition) is 3. The molecule has 3 aromatic rings. The molecule has 1 atom stereocenters. The summed E-state index contributed by atoms with van der Waals surface area (Å²) in [6, 6.07) is 5.69. The Morgan fingerprint density at radius 2 is 1.94 bits per heavy atom. The van der Waals surface area contributed by atoms with Gasteiger partial charge < -0.3 is 25.2 Å². The van der Waals surface area contributed by atoms with Crippen molar-refractivity contribution in [1.29, 1.82) is 0 Å². The Morgan fingerprint density at radius 3 is 2.63 bits per heavy atom. The van der Waals surface area contributed by atoms with Crippen LogP contribution in [0, 0.1) is 0 Å². The van der Waals surface area contributed by atoms with Gasteiger partial charge in [-0.05, 0) is 37.9 Å². The fourth-order valence-electron chi connectivity index (χ4n) is 3.63. The highest BCUT2D eigenvalue weighted by Crippen LogP contribution is 2.23. The van der Waals surface area contributed by atoms with Crippen LogP contribution >= 0.6 is 0 Å². The average molecular weight is 485 g/mol. The maximum Gasteiger partial charge on any atom is 0.293 e. The fraction of sp³-hybridized carbons (Fsp3) is 0.520. The Morgan fingerprint density at radius 1 is 1.11 bits per heavy atom. The molecule has 0 aliphatic carbocycles. The van der Waals surface area contributed by atoms with Crippen molar-refractivity contribution in [2.24, 2.45) is 0 Å². The lowest BCUT2D eigenvalue weighted by Crippen LogP contribution is -2.33. The van der Waals surface area contributed by atoms with Crippen LogP contribution in [0.25, 0.3) is 22.3 Å². The number of ether oxygens (including phenoxy) is 2. The summed E-state index contributed by atoms with van der Waals surface area (Å²) in [5.41, 5.74) is 2.61. The molecule has 3 N–H and O–H groups in total. The van der Waals surface area contributed by atoms with Gasteiger partial charge in [0, 0.05) is 55.3 Å². The van der Waals surface area contributed by atoms with Crippen LogP contribution in [0.5, 0.6) is 5.88 Å². The van der Waals surface area contributed by atoms with E-state index in [-0.39, 0.29) is 24.0 Å². The van der Waals surface area contributed by atoms with Crippen molar-refractivity contribution in [2.75, 3.05) is 45.3 Å². The first-order valence-electron chi connectivity index (χ1n) is 12.2. The van der Waals surface area contributed by atoms with Gasteiger partial charge in [0.05, 0.1) is 25.8 Å². The van der Waals surface area contributed by atoms with Crippen molar-refractivity contribution >= 4 is 17.0 Å². The van der Waals surface area contributed by atoms with Gasteiger partial charge in [0.1, 0.15) is 0 Å². The summed E-state index contributed by atoms with van der Waals surface area (Å²) >= 11 is 0. The van der Waals surface area contributed by atoms with Gasteiger partial charge in [-0.2, -0.15) is 0 Å². The third-order valence-electron chi connectivity index (χ3n) is 5.68. The first-order valence-corrected chi connectivity index (χ1v) is 12.2. The first-order chi connectivity index (χ1) is 17.1. The summed E-state index contributed by atoms with van der Waals surface area (Å²) in [6.07, 6.45) is 6.01. The monoisotopic (exact) mass is 484 g/mol. The van der Waals surface area contributed by atoms with E-state index in [4.69, 9.17) is 9.47 Å². The molecule has 0 saturated heterocycles. The number of anilines is 1. The van der Waals surface area contributed by atoms with Crippen LogP contribution in [0.1, 0.15) is 33.1 Å². The van der Waals surface area contributed by atoms with Gasteiger partial charge in [0.25, 0.3) is 5.56 Å². The predicted molar refractivity (Wildman–Crippen MR) is 137 cm³/mol. The molecule has 3 aromatic heterocycles. The molecule has 10 heteroatoms. The zero-order valence-corrected chi connectivity index (χ0v) is 20.8. The molecular formula is C25H36N6O4. The second-order valence-electron chi connectivity index (χ2n) is 8.21. The Kier molecular flexibility index (Phi) is 10.4. The quantitative estimate of drug-likeness (QED) is 0.279. The van der Waals surface area contributed by atoms with Gasteiger partial charge in [-0.1, -0.05) is 13.8 Å². The highest BCUT2D eigenvalue weighted by molar-refractivity contribution is 5.78. The number of fused-ring (bicyclic) bond motifs is 1. The maximum absolute atomic E-state index is 13.3. The van der Waals surface area contributed by atoms with Gasteiger partial charge in [0.15, 0.2) is 11.5 Å². The second kappa shape index (κ2) is 13.7. The van der Waals surface area contributed by atoms with Crippen molar-refractivity contribution in [3.05, 3.63) is 40.9 Å². The molecule has 0 aliphatic rings. The molecule has 3 heterocycles. The molecule has 0 bridgehead atoms. The fourth-order valence-corrected chi connectivity index (χ4v) is 3.63. The van der Waals surface area contributed by atoms with Crippen molar-refractivity contribution in [2.45, 2.75) is 45.7 Å². The van der Waals surface area contributed by atoms with Crippen molar-refractivity contribution in [3.63, 3.8) is 0 Å². The molecule has 190 valence electrons. The van der Waals surface area contributed by atoms with E-state index in [9.17, 15) is 9.90 Å². The van der Waals surface area contributed by atoms with Gasteiger partial charge >= 0.3 is 0 Å². The number of hydrogen-bond acceptors (Lipinski definition) is 9. The highest BCUT2D eigenvalue weighted by Gasteiger charge is 2.14. The maximum atomic E-state index is 13.3. The SMILES string of the molecule is CCCOCCn1c(=O)c(NCCCNC(CC)CO)nc2ncc(-c3ccc(OC)nc3)cc21. The van der Waals surface area contributed by atoms with Gasteiger partial charge in [-0.25, -0.2) is 15.0 Å². The second-order valence-corrected chi connectivity index (χ2v) is 8.21. The minimum absolute atomic E-state index is 0.0911. The lowest BCUT2D eigenvalue weighted by atomic mass is 10.1. The van der Waals surface area contributed by atoms with Crippen LogP contribution in [-0.2, 0) is 11.3 Å². The molecule has 0 spiro atoms. The van der Waals surface area contributed by atoms with Crippen LogP contribution in [0.4, 0.5) is 5.82 Å². The third kappa shape index (κ3) is 7.20. The number of aliphatic hydroxyl groups excluding tert-OH is 1. The van der Waals surface area contributed by atoms with Crippen molar-refractivity contribution in [3.8, 4) is 17.0 Å². The van der Waals surface area contributed by atoms with Crippen molar-refractivity contribution < 1.29 is 14.6 Å². The van der Waals surface area contributed by atoms with Crippen LogP contribution in [0.3, 0.4) is 0 Å². The lowest BCUT2D eigenvalue weighted by Gasteiger charge is -2.15. The molecular weight excluding hydrogens is 448 g/mol. The van der Waals surface area contributed by atoms with E-state index in [1.165, 1.54) is 0 Å². The lowest BCUT2D eigenvalue weighted by molar-refractivity contribution is 0.127. The minimum atomic E-state index is -0.209. The Labute approximate surface area is 205 Å². The summed E-state index contributed by atoms with van der Waals surface area (Å²) in [4.78, 5) is 26.6. The molecule has 10 nitrogen and oxygen atoms in total. The van der Waals surface area contributed by atoms with E-state index < -0.39 is 0 Å². The summed E-state index contributed by atoms with van der Waals surface area (Å²) in [5.74, 6) is 0.801. The smallest absolute Gasteiger partial charge is 0.293 e. The van der Waals surface area contributed by atoms with E-state index in [0.717, 1.165) is 36.9 Å². The topological polar surface area (TPSA) is 123 Å².